The first kappa shape index (κ1) is 28.6. The minimum atomic E-state index is -5.04. The molecule has 1 aliphatic heterocycles. The van der Waals surface area contributed by atoms with Crippen molar-refractivity contribution in [1.82, 2.24) is 5.32 Å². The van der Waals surface area contributed by atoms with Gasteiger partial charge in [0.15, 0.2) is 0 Å². The van der Waals surface area contributed by atoms with Crippen molar-refractivity contribution in [2.24, 2.45) is 0 Å². The average molecular weight is 542 g/mol. The van der Waals surface area contributed by atoms with E-state index in [-0.39, 0.29) is 35.9 Å². The number of nitrogens with one attached hydrogen (secondary N) is 1. The van der Waals surface area contributed by atoms with Crippen LogP contribution in [0.4, 0.5) is 50.0 Å². The quantitative estimate of drug-likeness (QED) is 0.394. The summed E-state index contributed by atoms with van der Waals surface area (Å²) in [6, 6.07) is 2.38. The topological polar surface area (TPSA) is 41.6 Å². The summed E-state index contributed by atoms with van der Waals surface area (Å²) in [4.78, 5) is 13.8. The van der Waals surface area contributed by atoms with Crippen molar-refractivity contribution in [3.63, 3.8) is 0 Å². The van der Waals surface area contributed by atoms with E-state index in [2.05, 4.69) is 5.32 Å². The van der Waals surface area contributed by atoms with Gasteiger partial charge in [0, 0.05) is 18.6 Å². The fourth-order valence-corrected chi connectivity index (χ4v) is 4.28. The number of carbonyl (C=O) groups excluding carboxylic acids is 1. The van der Waals surface area contributed by atoms with Crippen LogP contribution in [0, 0.1) is 0 Å². The lowest BCUT2D eigenvalue weighted by atomic mass is 9.88. The first-order valence-corrected chi connectivity index (χ1v) is 11.2. The lowest BCUT2D eigenvalue weighted by Crippen LogP contribution is -2.47. The highest BCUT2D eigenvalue weighted by atomic mass is 19.4. The van der Waals surface area contributed by atoms with Gasteiger partial charge >= 0.3 is 24.6 Å². The van der Waals surface area contributed by atoms with E-state index in [0.29, 0.717) is 18.6 Å². The van der Waals surface area contributed by atoms with Crippen LogP contribution in [0.15, 0.2) is 36.4 Å². The molecule has 0 fully saturated rings. The van der Waals surface area contributed by atoms with Gasteiger partial charge in [-0.05, 0) is 67.3 Å². The molecule has 2 atom stereocenters. The smallest absolute Gasteiger partial charge is 0.416 e. The maximum atomic E-state index is 13.4. The number of alkyl halides is 9. The van der Waals surface area contributed by atoms with Crippen LogP contribution in [0.1, 0.15) is 60.5 Å². The van der Waals surface area contributed by atoms with Gasteiger partial charge in [0.1, 0.15) is 0 Å². The summed E-state index contributed by atoms with van der Waals surface area (Å²) in [6.07, 6.45) is -15.2. The standard InChI is InChI=1S/C24H23F9N2O2/c1-3-17-11-19(34-12-13-7-15(23(28,29)30)9-16(8-13)24(31,32)33)18-10-14(22(25,26)27)5-6-20(18)35(17)21(36)37-4-2/h5-10,17,19,34H,3-4,11-12H2,1-2H3/t17-,19+/m0/s1. The fraction of sp³-hybridized carbons (Fsp3) is 0.458. The highest BCUT2D eigenvalue weighted by Crippen LogP contribution is 2.42. The van der Waals surface area contributed by atoms with E-state index in [0.717, 1.165) is 18.2 Å². The molecule has 13 heteroatoms. The molecule has 0 bridgehead atoms. The molecule has 0 aliphatic carbocycles. The third-order valence-electron chi connectivity index (χ3n) is 6.00. The molecule has 3 rings (SSSR count). The second kappa shape index (κ2) is 10.4. The summed E-state index contributed by atoms with van der Waals surface area (Å²) in [5.74, 6) is 0. The Labute approximate surface area is 206 Å². The first-order valence-electron chi connectivity index (χ1n) is 11.2. The molecule has 0 spiro atoms. The molecule has 1 amide bonds. The Bertz CT molecular complexity index is 1090. The van der Waals surface area contributed by atoms with Gasteiger partial charge in [-0.2, -0.15) is 39.5 Å². The molecule has 2 aromatic carbocycles. The van der Waals surface area contributed by atoms with Crippen molar-refractivity contribution in [3.05, 3.63) is 64.2 Å². The van der Waals surface area contributed by atoms with E-state index in [1.165, 1.54) is 4.90 Å². The van der Waals surface area contributed by atoms with Crippen molar-refractivity contribution in [2.75, 3.05) is 11.5 Å². The van der Waals surface area contributed by atoms with Gasteiger partial charge in [0.25, 0.3) is 0 Å². The number of halogens is 9. The summed E-state index contributed by atoms with van der Waals surface area (Å²) in [6.45, 7) is 2.81. The van der Waals surface area contributed by atoms with Crippen LogP contribution in [-0.4, -0.2) is 18.7 Å². The van der Waals surface area contributed by atoms with Gasteiger partial charge in [-0.25, -0.2) is 4.79 Å². The van der Waals surface area contributed by atoms with E-state index in [9.17, 15) is 44.3 Å². The Hall–Kier alpha value is -2.96. The normalized spacial score (nSPS) is 18.5. The molecule has 0 unspecified atom stereocenters. The molecule has 0 saturated heterocycles. The lowest BCUT2D eigenvalue weighted by Gasteiger charge is -2.40. The number of carbonyl (C=O) groups is 1. The zero-order valence-electron chi connectivity index (χ0n) is 19.6. The molecule has 37 heavy (non-hydrogen) atoms. The molecule has 2 aromatic rings. The summed E-state index contributed by atoms with van der Waals surface area (Å²) < 4.78 is 125. The second-order valence-electron chi connectivity index (χ2n) is 8.49. The first-order chi connectivity index (χ1) is 17.1. The van der Waals surface area contributed by atoms with Crippen molar-refractivity contribution >= 4 is 11.8 Å². The van der Waals surface area contributed by atoms with Crippen LogP contribution in [-0.2, 0) is 29.8 Å². The summed E-state index contributed by atoms with van der Waals surface area (Å²) in [5.41, 5.74) is -4.23. The van der Waals surface area contributed by atoms with E-state index >= 15 is 0 Å². The van der Waals surface area contributed by atoms with E-state index < -0.39 is 59.9 Å². The summed E-state index contributed by atoms with van der Waals surface area (Å²) in [7, 11) is 0. The van der Waals surface area contributed by atoms with Crippen molar-refractivity contribution in [2.45, 2.75) is 63.8 Å². The van der Waals surface area contributed by atoms with Gasteiger partial charge in [0.2, 0.25) is 0 Å². The van der Waals surface area contributed by atoms with Gasteiger partial charge in [-0.15, -0.1) is 0 Å². The molecule has 1 heterocycles. The van der Waals surface area contributed by atoms with Crippen LogP contribution in [0.5, 0.6) is 0 Å². The summed E-state index contributed by atoms with van der Waals surface area (Å²) in [5, 5.41) is 2.81. The number of rotatable bonds is 5. The fourth-order valence-electron chi connectivity index (χ4n) is 4.28. The zero-order chi connectivity index (χ0) is 27.8. The van der Waals surface area contributed by atoms with Crippen molar-refractivity contribution < 1.29 is 49.0 Å². The molecule has 204 valence electrons. The summed E-state index contributed by atoms with van der Waals surface area (Å²) >= 11 is 0. The Morgan fingerprint density at radius 2 is 1.46 bits per heavy atom. The molecule has 0 saturated carbocycles. The molecule has 0 aromatic heterocycles. The van der Waals surface area contributed by atoms with Gasteiger partial charge in [0.05, 0.1) is 29.0 Å². The number of anilines is 1. The van der Waals surface area contributed by atoms with E-state index in [1.807, 2.05) is 0 Å². The molecule has 4 nitrogen and oxygen atoms in total. The Morgan fingerprint density at radius 1 is 0.892 bits per heavy atom. The molecule has 1 N–H and O–H groups in total. The molecule has 1 aliphatic rings. The predicted octanol–water partition coefficient (Wildman–Crippen LogP) is 7.72. The van der Waals surface area contributed by atoms with Gasteiger partial charge < -0.3 is 10.1 Å². The van der Waals surface area contributed by atoms with Crippen LogP contribution in [0.3, 0.4) is 0 Å². The third-order valence-corrected chi connectivity index (χ3v) is 6.00. The highest BCUT2D eigenvalue weighted by Gasteiger charge is 2.40. The largest absolute Gasteiger partial charge is 0.449 e. The Balaban J connectivity index is 2.03. The van der Waals surface area contributed by atoms with Crippen molar-refractivity contribution in [3.8, 4) is 0 Å². The van der Waals surface area contributed by atoms with E-state index in [1.54, 1.807) is 13.8 Å². The molecular formula is C24H23F9N2O2. The number of hydrogen-bond donors (Lipinski definition) is 1. The van der Waals surface area contributed by atoms with Gasteiger partial charge in [-0.3, -0.25) is 4.90 Å². The highest BCUT2D eigenvalue weighted by molar-refractivity contribution is 5.90. The number of benzene rings is 2. The average Bonchev–Trinajstić information content (AvgIpc) is 2.79. The maximum Gasteiger partial charge on any atom is 0.416 e. The number of amides is 1. The minimum Gasteiger partial charge on any atom is -0.449 e. The van der Waals surface area contributed by atoms with Crippen LogP contribution in [0.25, 0.3) is 0 Å². The number of ether oxygens (including phenoxy) is 1. The Morgan fingerprint density at radius 3 is 1.95 bits per heavy atom. The van der Waals surface area contributed by atoms with Gasteiger partial charge in [-0.1, -0.05) is 6.92 Å². The van der Waals surface area contributed by atoms with E-state index in [4.69, 9.17) is 4.74 Å². The Kier molecular flexibility index (Phi) is 8.06. The molecular weight excluding hydrogens is 519 g/mol. The monoisotopic (exact) mass is 542 g/mol. The number of hydrogen-bond acceptors (Lipinski definition) is 3. The molecule has 0 radical (unpaired) electrons. The predicted molar refractivity (Wildman–Crippen MR) is 116 cm³/mol. The number of nitrogens with zero attached hydrogens (tertiary/aromatic N) is 1. The maximum absolute atomic E-state index is 13.4. The van der Waals surface area contributed by atoms with Crippen molar-refractivity contribution in [1.29, 1.82) is 0 Å². The third kappa shape index (κ3) is 6.49. The van der Waals surface area contributed by atoms with Crippen LogP contribution < -0.4 is 10.2 Å². The lowest BCUT2D eigenvalue weighted by molar-refractivity contribution is -0.143. The minimum absolute atomic E-state index is 0.000644. The number of fused-ring (bicyclic) bond motifs is 1. The van der Waals surface area contributed by atoms with Crippen LogP contribution in [0.2, 0.25) is 0 Å². The zero-order valence-corrected chi connectivity index (χ0v) is 19.6. The second-order valence-corrected chi connectivity index (χ2v) is 8.49. The van der Waals surface area contributed by atoms with Crippen LogP contribution >= 0.6 is 0 Å². The SMILES string of the molecule is CCOC(=O)N1c2ccc(C(F)(F)F)cc2[C@H](NCc2cc(C(F)(F)F)cc(C(F)(F)F)c2)C[C@@H]1CC.